The average molecular weight is 210 g/mol. The third kappa shape index (κ3) is 3.23. The first-order valence-corrected chi connectivity index (χ1v) is 4.88. The summed E-state index contributed by atoms with van der Waals surface area (Å²) < 4.78 is 0. The first kappa shape index (κ1) is 10.8. The van der Waals surface area contributed by atoms with Crippen molar-refractivity contribution in [3.05, 3.63) is 35.9 Å². The summed E-state index contributed by atoms with van der Waals surface area (Å²) in [5, 5.41) is 2.67. The van der Waals surface area contributed by atoms with Crippen LogP contribution in [-0.2, 0) is 4.79 Å². The highest BCUT2D eigenvalue weighted by Crippen LogP contribution is 2.10. The van der Waals surface area contributed by atoms with Crippen molar-refractivity contribution in [2.45, 2.75) is 6.92 Å². The van der Waals surface area contributed by atoms with Gasteiger partial charge in [-0.1, -0.05) is 24.3 Å². The summed E-state index contributed by atoms with van der Waals surface area (Å²) in [6.45, 7) is 1.96. The molecule has 0 radical (unpaired) electrons. The molecule has 1 N–H and O–H groups in total. The number of carbonyl (C=O) groups excluding carboxylic acids is 1. The second kappa shape index (κ2) is 5.45. The second-order valence-electron chi connectivity index (χ2n) is 2.80. The Morgan fingerprint density at radius 3 is 2.57 bits per heavy atom. The highest BCUT2D eigenvalue weighted by atomic mass is 35.5. The van der Waals surface area contributed by atoms with Crippen LogP contribution in [0.3, 0.4) is 0 Å². The number of hydrogen-bond donors (Lipinski definition) is 1. The van der Waals surface area contributed by atoms with Gasteiger partial charge in [-0.05, 0) is 24.6 Å². The lowest BCUT2D eigenvalue weighted by Gasteiger charge is -2.02. The van der Waals surface area contributed by atoms with Crippen molar-refractivity contribution >= 4 is 29.3 Å². The van der Waals surface area contributed by atoms with Crippen LogP contribution in [0.1, 0.15) is 12.5 Å². The molecule has 74 valence electrons. The van der Waals surface area contributed by atoms with E-state index in [2.05, 4.69) is 5.32 Å². The molecule has 0 aliphatic heterocycles. The molecule has 0 heterocycles. The second-order valence-corrected chi connectivity index (χ2v) is 3.07. The van der Waals surface area contributed by atoms with Crippen LogP contribution in [-0.4, -0.2) is 11.8 Å². The average Bonchev–Trinajstić information content (AvgIpc) is 2.21. The maximum atomic E-state index is 10.9. The number of rotatable bonds is 3. The maximum absolute atomic E-state index is 10.9. The van der Waals surface area contributed by atoms with E-state index in [1.54, 1.807) is 0 Å². The molecule has 0 aliphatic carbocycles. The van der Waals surface area contributed by atoms with E-state index in [0.29, 0.717) is 0 Å². The van der Waals surface area contributed by atoms with Crippen LogP contribution in [0, 0.1) is 0 Å². The molecule has 14 heavy (non-hydrogen) atoms. The van der Waals surface area contributed by atoms with Gasteiger partial charge >= 0.3 is 0 Å². The molecule has 0 bridgehead atoms. The largest absolute Gasteiger partial charge is 0.325 e. The molecule has 2 nitrogen and oxygen atoms in total. The van der Waals surface area contributed by atoms with Gasteiger partial charge in [0, 0.05) is 5.69 Å². The summed E-state index contributed by atoms with van der Waals surface area (Å²) in [7, 11) is 0. The van der Waals surface area contributed by atoms with Crippen LogP contribution in [0.4, 0.5) is 5.69 Å². The number of anilines is 1. The Morgan fingerprint density at radius 2 is 2.07 bits per heavy atom. The molecule has 0 saturated heterocycles. The van der Waals surface area contributed by atoms with Crippen LogP contribution < -0.4 is 5.32 Å². The Balaban J connectivity index is 2.68. The number of halogens is 1. The number of benzene rings is 1. The zero-order chi connectivity index (χ0) is 10.4. The van der Waals surface area contributed by atoms with E-state index in [0.717, 1.165) is 11.3 Å². The number of carbonyl (C=O) groups is 1. The highest BCUT2D eigenvalue weighted by Gasteiger charge is 1.98. The molecule has 1 rings (SSSR count). The Morgan fingerprint density at radius 1 is 1.43 bits per heavy atom. The van der Waals surface area contributed by atoms with Gasteiger partial charge in [0.2, 0.25) is 5.91 Å². The van der Waals surface area contributed by atoms with E-state index in [-0.39, 0.29) is 11.8 Å². The van der Waals surface area contributed by atoms with E-state index in [1.807, 2.05) is 43.3 Å². The molecule has 0 aliphatic rings. The first-order valence-electron chi connectivity index (χ1n) is 4.35. The molecule has 3 heteroatoms. The Bertz CT molecular complexity index is 330. The van der Waals surface area contributed by atoms with Crippen molar-refractivity contribution in [2.24, 2.45) is 0 Å². The lowest BCUT2D eigenvalue weighted by molar-refractivity contribution is -0.113. The predicted molar refractivity (Wildman–Crippen MR) is 60.5 cm³/mol. The minimum atomic E-state index is -0.189. The van der Waals surface area contributed by atoms with Gasteiger partial charge < -0.3 is 5.32 Å². The molecule has 0 spiro atoms. The Hall–Kier alpha value is -1.28. The molecular formula is C11H12ClNO. The fourth-order valence-electron chi connectivity index (χ4n) is 1.06. The summed E-state index contributed by atoms with van der Waals surface area (Å²) in [5.74, 6) is -0.207. The number of nitrogens with one attached hydrogen (secondary N) is 1. The van der Waals surface area contributed by atoms with Crippen LogP contribution in [0.5, 0.6) is 0 Å². The summed E-state index contributed by atoms with van der Waals surface area (Å²) in [6, 6.07) is 7.56. The summed E-state index contributed by atoms with van der Waals surface area (Å²) in [5.41, 5.74) is 1.88. The van der Waals surface area contributed by atoms with Gasteiger partial charge in [0.05, 0.1) is 0 Å². The zero-order valence-corrected chi connectivity index (χ0v) is 8.71. The van der Waals surface area contributed by atoms with Gasteiger partial charge in [-0.2, -0.15) is 0 Å². The van der Waals surface area contributed by atoms with Crippen molar-refractivity contribution in [2.75, 3.05) is 11.2 Å². The third-order valence-electron chi connectivity index (χ3n) is 1.67. The molecule has 1 aromatic carbocycles. The Labute approximate surface area is 88.6 Å². The summed E-state index contributed by atoms with van der Waals surface area (Å²) >= 11 is 5.36. The fraction of sp³-hybridized carbons (Fsp3) is 0.182. The van der Waals surface area contributed by atoms with Gasteiger partial charge in [0.25, 0.3) is 0 Å². The maximum Gasteiger partial charge on any atom is 0.239 e. The van der Waals surface area contributed by atoms with E-state index in [9.17, 15) is 4.79 Å². The van der Waals surface area contributed by atoms with Gasteiger partial charge in [0.15, 0.2) is 0 Å². The normalized spacial score (nSPS) is 10.4. The van der Waals surface area contributed by atoms with Crippen molar-refractivity contribution in [3.8, 4) is 0 Å². The van der Waals surface area contributed by atoms with E-state index in [1.165, 1.54) is 0 Å². The standard InChI is InChI=1S/C11H12ClNO/c1-2-3-9-4-6-10(7-5-9)13-11(14)8-12/h2-7H,8H2,1H3,(H,13,14). The zero-order valence-electron chi connectivity index (χ0n) is 7.96. The highest BCUT2D eigenvalue weighted by molar-refractivity contribution is 6.29. The van der Waals surface area contributed by atoms with E-state index in [4.69, 9.17) is 11.6 Å². The number of allylic oxidation sites excluding steroid dienone is 1. The van der Waals surface area contributed by atoms with Crippen LogP contribution in [0.15, 0.2) is 30.3 Å². The molecule has 1 amide bonds. The minimum absolute atomic E-state index is 0.0172. The fourth-order valence-corrected chi connectivity index (χ4v) is 1.13. The molecule has 0 atom stereocenters. The van der Waals surface area contributed by atoms with Crippen molar-refractivity contribution in [1.29, 1.82) is 0 Å². The van der Waals surface area contributed by atoms with Crippen LogP contribution in [0.25, 0.3) is 6.08 Å². The number of alkyl halides is 1. The quantitative estimate of drug-likeness (QED) is 0.763. The minimum Gasteiger partial charge on any atom is -0.325 e. The smallest absolute Gasteiger partial charge is 0.239 e. The first-order chi connectivity index (χ1) is 6.76. The van der Waals surface area contributed by atoms with Crippen molar-refractivity contribution < 1.29 is 4.79 Å². The van der Waals surface area contributed by atoms with Gasteiger partial charge in [-0.3, -0.25) is 4.79 Å². The predicted octanol–water partition coefficient (Wildman–Crippen LogP) is 2.90. The number of amides is 1. The van der Waals surface area contributed by atoms with Gasteiger partial charge in [-0.25, -0.2) is 0 Å². The molecular weight excluding hydrogens is 198 g/mol. The molecule has 0 aromatic heterocycles. The van der Waals surface area contributed by atoms with Gasteiger partial charge in [0.1, 0.15) is 5.88 Å². The monoisotopic (exact) mass is 209 g/mol. The molecule has 0 saturated carbocycles. The van der Waals surface area contributed by atoms with E-state index < -0.39 is 0 Å². The van der Waals surface area contributed by atoms with Gasteiger partial charge in [-0.15, -0.1) is 11.6 Å². The summed E-state index contributed by atoms with van der Waals surface area (Å²) in [6.07, 6.45) is 3.96. The lowest BCUT2D eigenvalue weighted by Crippen LogP contribution is -2.12. The molecule has 0 fully saturated rings. The topological polar surface area (TPSA) is 29.1 Å². The van der Waals surface area contributed by atoms with Crippen molar-refractivity contribution in [1.82, 2.24) is 0 Å². The SMILES string of the molecule is CC=Cc1ccc(NC(=O)CCl)cc1. The van der Waals surface area contributed by atoms with Crippen LogP contribution >= 0.6 is 11.6 Å². The van der Waals surface area contributed by atoms with Crippen molar-refractivity contribution in [3.63, 3.8) is 0 Å². The van der Waals surface area contributed by atoms with Crippen LogP contribution in [0.2, 0.25) is 0 Å². The Kier molecular flexibility index (Phi) is 4.20. The number of hydrogen-bond acceptors (Lipinski definition) is 1. The lowest BCUT2D eigenvalue weighted by atomic mass is 10.2. The molecule has 0 unspecified atom stereocenters. The third-order valence-corrected chi connectivity index (χ3v) is 1.92. The van der Waals surface area contributed by atoms with E-state index >= 15 is 0 Å². The molecule has 1 aromatic rings. The summed E-state index contributed by atoms with van der Waals surface area (Å²) in [4.78, 5) is 10.9.